The van der Waals surface area contributed by atoms with Gasteiger partial charge in [-0.1, -0.05) is 0 Å². The number of carboxylic acids is 1. The second-order valence-corrected chi connectivity index (χ2v) is 6.16. The Morgan fingerprint density at radius 2 is 2.05 bits per heavy atom. The summed E-state index contributed by atoms with van der Waals surface area (Å²) in [4.78, 5) is 15.9. The van der Waals surface area contributed by atoms with E-state index in [1.807, 2.05) is 0 Å². The van der Waals surface area contributed by atoms with Gasteiger partial charge in [-0.3, -0.25) is 4.90 Å². The third kappa shape index (κ3) is 3.78. The first-order valence-corrected chi connectivity index (χ1v) is 8.15. The molecular weight excluding hydrogens is 280 g/mol. The van der Waals surface area contributed by atoms with Crippen LogP contribution in [0.3, 0.4) is 0 Å². The summed E-state index contributed by atoms with van der Waals surface area (Å²) in [6.45, 7) is 6.63. The van der Waals surface area contributed by atoms with Gasteiger partial charge in [0.15, 0.2) is 0 Å². The van der Waals surface area contributed by atoms with Crippen LogP contribution in [-0.4, -0.2) is 66.2 Å². The number of rotatable bonds is 6. The molecule has 0 spiro atoms. The normalized spacial score (nSPS) is 22.5. The van der Waals surface area contributed by atoms with Gasteiger partial charge in [0.05, 0.1) is 12.2 Å². The molecule has 0 bridgehead atoms. The Morgan fingerprint density at radius 1 is 1.23 bits per heavy atom. The summed E-state index contributed by atoms with van der Waals surface area (Å²) in [6.07, 6.45) is 3.71. The quantitative estimate of drug-likeness (QED) is 0.814. The number of benzene rings is 1. The van der Waals surface area contributed by atoms with Gasteiger partial charge in [-0.2, -0.15) is 0 Å². The number of carbonyl (C=O) groups is 1. The van der Waals surface area contributed by atoms with Crippen molar-refractivity contribution >= 4 is 5.97 Å². The van der Waals surface area contributed by atoms with Crippen LogP contribution < -0.4 is 4.74 Å². The van der Waals surface area contributed by atoms with Gasteiger partial charge < -0.3 is 14.7 Å². The number of hydrogen-bond donors (Lipinski definition) is 1. The standard InChI is InChI=1S/C17H24N2O3/c20-17(21)14-4-6-16(7-5-14)22-12-2-8-18-10-11-19-9-1-3-15(19)13-18/h4-7,15H,1-3,8-13H2,(H,20,21)/t15-/m0/s1. The van der Waals surface area contributed by atoms with Crippen molar-refractivity contribution in [2.75, 3.05) is 39.3 Å². The van der Waals surface area contributed by atoms with Crippen molar-refractivity contribution < 1.29 is 14.6 Å². The maximum atomic E-state index is 10.8. The monoisotopic (exact) mass is 304 g/mol. The molecule has 5 heteroatoms. The van der Waals surface area contributed by atoms with E-state index in [1.54, 1.807) is 24.3 Å². The van der Waals surface area contributed by atoms with Crippen LogP contribution in [0, 0.1) is 0 Å². The van der Waals surface area contributed by atoms with E-state index in [2.05, 4.69) is 9.80 Å². The predicted molar refractivity (Wildman–Crippen MR) is 84.5 cm³/mol. The van der Waals surface area contributed by atoms with Gasteiger partial charge in [-0.25, -0.2) is 4.79 Å². The van der Waals surface area contributed by atoms with E-state index >= 15 is 0 Å². The van der Waals surface area contributed by atoms with Gasteiger partial charge in [-0.05, 0) is 50.1 Å². The zero-order valence-electron chi connectivity index (χ0n) is 12.9. The van der Waals surface area contributed by atoms with E-state index in [4.69, 9.17) is 9.84 Å². The van der Waals surface area contributed by atoms with Crippen LogP contribution in [0.5, 0.6) is 5.75 Å². The fourth-order valence-corrected chi connectivity index (χ4v) is 3.43. The molecule has 1 aromatic rings. The number of hydrogen-bond acceptors (Lipinski definition) is 4. The predicted octanol–water partition coefficient (Wildman–Crippen LogP) is 1.93. The molecule has 0 unspecified atom stereocenters. The molecule has 2 fully saturated rings. The van der Waals surface area contributed by atoms with Crippen molar-refractivity contribution in [1.29, 1.82) is 0 Å². The van der Waals surface area contributed by atoms with E-state index in [0.717, 1.165) is 24.8 Å². The minimum absolute atomic E-state index is 0.293. The van der Waals surface area contributed by atoms with Gasteiger partial charge >= 0.3 is 5.97 Å². The van der Waals surface area contributed by atoms with Crippen molar-refractivity contribution in [3.8, 4) is 5.75 Å². The summed E-state index contributed by atoms with van der Waals surface area (Å²) in [7, 11) is 0. The number of carboxylic acid groups (broad SMARTS) is 1. The lowest BCUT2D eigenvalue weighted by Crippen LogP contribution is -2.50. The highest BCUT2D eigenvalue weighted by Crippen LogP contribution is 2.21. The van der Waals surface area contributed by atoms with Crippen molar-refractivity contribution in [1.82, 2.24) is 9.80 Å². The van der Waals surface area contributed by atoms with Crippen LogP contribution in [0.1, 0.15) is 29.6 Å². The first kappa shape index (κ1) is 15.3. The molecule has 22 heavy (non-hydrogen) atoms. The molecule has 2 aliphatic rings. The van der Waals surface area contributed by atoms with E-state index in [0.29, 0.717) is 12.2 Å². The molecule has 0 aliphatic carbocycles. The second-order valence-electron chi connectivity index (χ2n) is 6.16. The molecular formula is C17H24N2O3. The van der Waals surface area contributed by atoms with Gasteiger partial charge in [0.2, 0.25) is 0 Å². The number of aromatic carboxylic acids is 1. The highest BCUT2D eigenvalue weighted by Gasteiger charge is 2.29. The van der Waals surface area contributed by atoms with Gasteiger partial charge in [-0.15, -0.1) is 0 Å². The summed E-state index contributed by atoms with van der Waals surface area (Å²) < 4.78 is 5.69. The zero-order chi connectivity index (χ0) is 15.4. The smallest absolute Gasteiger partial charge is 0.335 e. The Balaban J connectivity index is 1.36. The van der Waals surface area contributed by atoms with E-state index in [1.165, 1.54) is 39.0 Å². The molecule has 0 radical (unpaired) electrons. The van der Waals surface area contributed by atoms with E-state index < -0.39 is 5.97 Å². The van der Waals surface area contributed by atoms with Crippen LogP contribution in [0.4, 0.5) is 0 Å². The third-order valence-corrected chi connectivity index (χ3v) is 4.66. The number of ether oxygens (including phenoxy) is 1. The Hall–Kier alpha value is -1.59. The van der Waals surface area contributed by atoms with Crippen LogP contribution in [-0.2, 0) is 0 Å². The fourth-order valence-electron chi connectivity index (χ4n) is 3.43. The topological polar surface area (TPSA) is 53.0 Å². The highest BCUT2D eigenvalue weighted by atomic mass is 16.5. The molecule has 2 heterocycles. The van der Waals surface area contributed by atoms with Crippen LogP contribution >= 0.6 is 0 Å². The van der Waals surface area contributed by atoms with Crippen molar-refractivity contribution in [3.05, 3.63) is 29.8 Å². The fraction of sp³-hybridized carbons (Fsp3) is 0.588. The Kier molecular flexibility index (Phi) is 4.95. The minimum Gasteiger partial charge on any atom is -0.494 e. The maximum absolute atomic E-state index is 10.8. The number of piperazine rings is 1. The SMILES string of the molecule is O=C(O)c1ccc(OCCCN2CCN3CCC[C@H]3C2)cc1. The van der Waals surface area contributed by atoms with Crippen molar-refractivity contribution in [2.24, 2.45) is 0 Å². The lowest BCUT2D eigenvalue weighted by atomic mass is 10.1. The second kappa shape index (κ2) is 7.11. The molecule has 120 valence electrons. The summed E-state index contributed by atoms with van der Waals surface area (Å²) >= 11 is 0. The largest absolute Gasteiger partial charge is 0.494 e. The van der Waals surface area contributed by atoms with Crippen LogP contribution in [0.25, 0.3) is 0 Å². The highest BCUT2D eigenvalue weighted by molar-refractivity contribution is 5.87. The van der Waals surface area contributed by atoms with Crippen molar-refractivity contribution in [3.63, 3.8) is 0 Å². The van der Waals surface area contributed by atoms with Gasteiger partial charge in [0.25, 0.3) is 0 Å². The summed E-state index contributed by atoms with van der Waals surface area (Å²) in [5, 5.41) is 8.85. The first-order chi connectivity index (χ1) is 10.7. The molecule has 5 nitrogen and oxygen atoms in total. The van der Waals surface area contributed by atoms with E-state index in [-0.39, 0.29) is 0 Å². The molecule has 2 aliphatic heterocycles. The lowest BCUT2D eigenvalue weighted by Gasteiger charge is -2.37. The molecule has 1 N–H and O–H groups in total. The first-order valence-electron chi connectivity index (χ1n) is 8.15. The molecule has 1 aromatic carbocycles. The summed E-state index contributed by atoms with van der Waals surface area (Å²) in [5.74, 6) is -0.164. The van der Waals surface area contributed by atoms with E-state index in [9.17, 15) is 4.79 Å². The van der Waals surface area contributed by atoms with Crippen molar-refractivity contribution in [2.45, 2.75) is 25.3 Å². The Labute approximate surface area is 131 Å². The van der Waals surface area contributed by atoms with Crippen LogP contribution in [0.15, 0.2) is 24.3 Å². The molecule has 2 saturated heterocycles. The summed E-state index contributed by atoms with van der Waals surface area (Å²) in [6, 6.07) is 7.38. The summed E-state index contributed by atoms with van der Waals surface area (Å²) in [5.41, 5.74) is 0.293. The average Bonchev–Trinajstić information content (AvgIpc) is 2.99. The van der Waals surface area contributed by atoms with Crippen LogP contribution in [0.2, 0.25) is 0 Å². The maximum Gasteiger partial charge on any atom is 0.335 e. The lowest BCUT2D eigenvalue weighted by molar-refractivity contribution is 0.0697. The number of fused-ring (bicyclic) bond motifs is 1. The molecule has 0 saturated carbocycles. The molecule has 3 rings (SSSR count). The van der Waals surface area contributed by atoms with Gasteiger partial charge in [0, 0.05) is 32.2 Å². The number of nitrogens with zero attached hydrogens (tertiary/aromatic N) is 2. The minimum atomic E-state index is -0.905. The molecule has 1 atom stereocenters. The molecule has 0 aromatic heterocycles. The Bertz CT molecular complexity index is 503. The molecule has 0 amide bonds. The Morgan fingerprint density at radius 3 is 2.82 bits per heavy atom. The average molecular weight is 304 g/mol. The zero-order valence-corrected chi connectivity index (χ0v) is 12.9. The third-order valence-electron chi connectivity index (χ3n) is 4.66. The van der Waals surface area contributed by atoms with Gasteiger partial charge in [0.1, 0.15) is 5.75 Å².